The summed E-state index contributed by atoms with van der Waals surface area (Å²) in [6.45, 7) is 0.570. The van der Waals surface area contributed by atoms with E-state index in [1.54, 1.807) is 25.4 Å². The van der Waals surface area contributed by atoms with Crippen LogP contribution in [0.4, 0.5) is 16.2 Å². The summed E-state index contributed by atoms with van der Waals surface area (Å²) in [5, 5.41) is 2.68. The minimum absolute atomic E-state index is 0. The lowest BCUT2D eigenvalue weighted by atomic mass is 10.2. The second kappa shape index (κ2) is 8.60. The van der Waals surface area contributed by atoms with Gasteiger partial charge in [0.15, 0.2) is 0 Å². The first-order chi connectivity index (χ1) is 10.7. The molecule has 2 amide bonds. The Balaban J connectivity index is 0.00000264. The zero-order valence-electron chi connectivity index (χ0n) is 12.5. The molecule has 2 aromatic rings. The van der Waals surface area contributed by atoms with Gasteiger partial charge in [-0.15, -0.1) is 0 Å². The summed E-state index contributed by atoms with van der Waals surface area (Å²) >= 11 is 0. The summed E-state index contributed by atoms with van der Waals surface area (Å²) in [6.07, 6.45) is 1.74. The molecule has 0 aliphatic rings. The lowest BCUT2D eigenvalue weighted by Gasteiger charge is -2.24. The van der Waals surface area contributed by atoms with Crippen molar-refractivity contribution < 1.29 is 9.53 Å². The van der Waals surface area contributed by atoms with E-state index in [0.29, 0.717) is 18.0 Å². The quantitative estimate of drug-likeness (QED) is 0.447. The molecule has 0 saturated heterocycles. The van der Waals surface area contributed by atoms with Crippen LogP contribution in [0.15, 0.2) is 42.6 Å². The van der Waals surface area contributed by atoms with Gasteiger partial charge in [0.25, 0.3) is 0 Å². The highest BCUT2D eigenvalue weighted by atomic mass is 16.5. The van der Waals surface area contributed by atoms with Gasteiger partial charge in [0.2, 0.25) is 0 Å². The molecule has 0 bridgehead atoms. The molecule has 4 N–H and O–H groups in total. The lowest BCUT2D eigenvalue weighted by Crippen LogP contribution is -2.35. The average Bonchev–Trinajstić information content (AvgIpc) is 2.55. The largest absolute Gasteiger partial charge is 0.495 e. The van der Waals surface area contributed by atoms with E-state index in [4.69, 9.17) is 10.6 Å². The minimum atomic E-state index is -0.499. The summed E-state index contributed by atoms with van der Waals surface area (Å²) in [6, 6.07) is 10.6. The maximum atomic E-state index is 11.5. The smallest absolute Gasteiger partial charge is 0.333 e. The van der Waals surface area contributed by atoms with E-state index in [-0.39, 0.29) is 7.43 Å². The molecule has 23 heavy (non-hydrogen) atoms. The van der Waals surface area contributed by atoms with Crippen molar-refractivity contribution in [2.75, 3.05) is 24.4 Å². The number of nitrogens with zero attached hydrogens (tertiary/aromatic N) is 2. The number of ether oxygens (including phenoxy) is 1. The fourth-order valence-electron chi connectivity index (χ4n) is 2.15. The maximum absolute atomic E-state index is 11.5. The molecule has 0 atom stereocenters. The molecule has 2 rings (SSSR count). The minimum Gasteiger partial charge on any atom is -0.495 e. The molecule has 124 valence electrons. The van der Waals surface area contributed by atoms with E-state index in [1.807, 2.05) is 41.6 Å². The van der Waals surface area contributed by atoms with Gasteiger partial charge in [-0.3, -0.25) is 10.4 Å². The van der Waals surface area contributed by atoms with Crippen molar-refractivity contribution in [2.24, 2.45) is 5.84 Å². The van der Waals surface area contributed by atoms with Gasteiger partial charge in [0.1, 0.15) is 11.4 Å². The van der Waals surface area contributed by atoms with Crippen LogP contribution in [-0.4, -0.2) is 25.2 Å². The third-order valence-corrected chi connectivity index (χ3v) is 3.11. The number of carbonyl (C=O) groups excluding carboxylic acids is 1. The molecule has 7 heteroatoms. The molecule has 1 aromatic carbocycles. The van der Waals surface area contributed by atoms with E-state index in [0.717, 1.165) is 11.4 Å². The summed E-state index contributed by atoms with van der Waals surface area (Å²) in [5.74, 6) is 5.77. The standard InChI is InChI=1S/C15H19N5O2.CH4/c1-20(10-11-6-3-4-9-17-11)14-12(18-15(21)19-16)7-5-8-13(14)22-2;/h3-9H,10,16H2,1-2H3,(H2,18,19,21);1H4. The highest BCUT2D eigenvalue weighted by molar-refractivity contribution is 5.94. The predicted molar refractivity (Wildman–Crippen MR) is 92.4 cm³/mol. The fourth-order valence-corrected chi connectivity index (χ4v) is 2.15. The third kappa shape index (κ3) is 4.58. The summed E-state index contributed by atoms with van der Waals surface area (Å²) in [5.41, 5.74) is 4.30. The maximum Gasteiger partial charge on any atom is 0.333 e. The summed E-state index contributed by atoms with van der Waals surface area (Å²) < 4.78 is 5.40. The summed E-state index contributed by atoms with van der Waals surface area (Å²) in [4.78, 5) is 17.8. The molecule has 0 aliphatic heterocycles. The van der Waals surface area contributed by atoms with Gasteiger partial charge in [-0.05, 0) is 24.3 Å². The first-order valence-corrected chi connectivity index (χ1v) is 6.71. The van der Waals surface area contributed by atoms with Crippen LogP contribution in [0.5, 0.6) is 5.75 Å². The Morgan fingerprint density at radius 3 is 2.70 bits per heavy atom. The van der Waals surface area contributed by atoms with Crippen molar-refractivity contribution >= 4 is 17.4 Å². The highest BCUT2D eigenvalue weighted by Gasteiger charge is 2.15. The monoisotopic (exact) mass is 317 g/mol. The molecule has 1 aromatic heterocycles. The Hall–Kier alpha value is -2.80. The number of aromatic nitrogens is 1. The van der Waals surface area contributed by atoms with Gasteiger partial charge in [0.05, 0.1) is 25.0 Å². The first kappa shape index (κ1) is 18.2. The SMILES string of the molecule is C.COc1cccc(NC(=O)NN)c1N(C)Cc1ccccn1. The van der Waals surface area contributed by atoms with Crippen molar-refractivity contribution in [3.63, 3.8) is 0 Å². The topological polar surface area (TPSA) is 92.5 Å². The number of hydrogen-bond donors (Lipinski definition) is 3. The van der Waals surface area contributed by atoms with Crippen molar-refractivity contribution in [1.29, 1.82) is 0 Å². The van der Waals surface area contributed by atoms with E-state index < -0.39 is 6.03 Å². The molecule has 0 unspecified atom stereocenters. The van der Waals surface area contributed by atoms with Crippen LogP contribution in [0.3, 0.4) is 0 Å². The molecule has 0 radical (unpaired) electrons. The average molecular weight is 317 g/mol. The van der Waals surface area contributed by atoms with Crippen LogP contribution in [0.2, 0.25) is 0 Å². The Labute approximate surface area is 136 Å². The van der Waals surface area contributed by atoms with Gasteiger partial charge < -0.3 is 15.0 Å². The molecule has 1 heterocycles. The number of nitrogens with two attached hydrogens (primary N) is 1. The first-order valence-electron chi connectivity index (χ1n) is 6.71. The summed E-state index contributed by atoms with van der Waals surface area (Å²) in [7, 11) is 3.48. The van der Waals surface area contributed by atoms with Crippen molar-refractivity contribution in [3.05, 3.63) is 48.3 Å². The molecule has 0 fully saturated rings. The number of nitrogens with one attached hydrogen (secondary N) is 2. The molecule has 0 aliphatic carbocycles. The zero-order valence-corrected chi connectivity index (χ0v) is 12.5. The van der Waals surface area contributed by atoms with E-state index in [1.165, 1.54) is 0 Å². The lowest BCUT2D eigenvalue weighted by molar-refractivity contribution is 0.252. The van der Waals surface area contributed by atoms with E-state index in [9.17, 15) is 4.79 Å². The number of para-hydroxylation sites is 1. The Morgan fingerprint density at radius 1 is 1.30 bits per heavy atom. The Kier molecular flexibility index (Phi) is 6.82. The molecular formula is C16H23N5O2. The van der Waals surface area contributed by atoms with Crippen LogP contribution in [0.1, 0.15) is 13.1 Å². The number of rotatable bonds is 5. The van der Waals surface area contributed by atoms with Gasteiger partial charge in [-0.1, -0.05) is 19.6 Å². The molecule has 0 spiro atoms. The number of hydrazine groups is 1. The fraction of sp³-hybridized carbons (Fsp3) is 0.250. The number of carbonyl (C=O) groups is 1. The van der Waals surface area contributed by atoms with Gasteiger partial charge in [-0.2, -0.15) is 0 Å². The highest BCUT2D eigenvalue weighted by Crippen LogP contribution is 2.35. The van der Waals surface area contributed by atoms with Gasteiger partial charge in [-0.25, -0.2) is 10.6 Å². The van der Waals surface area contributed by atoms with Crippen LogP contribution >= 0.6 is 0 Å². The Bertz CT molecular complexity index is 634. The molecule has 0 saturated carbocycles. The number of pyridine rings is 1. The third-order valence-electron chi connectivity index (χ3n) is 3.11. The van der Waals surface area contributed by atoms with Crippen LogP contribution < -0.4 is 26.2 Å². The van der Waals surface area contributed by atoms with E-state index in [2.05, 4.69) is 10.3 Å². The molecule has 7 nitrogen and oxygen atoms in total. The zero-order chi connectivity index (χ0) is 15.9. The van der Waals surface area contributed by atoms with Crippen molar-refractivity contribution in [1.82, 2.24) is 10.4 Å². The van der Waals surface area contributed by atoms with Gasteiger partial charge in [0, 0.05) is 13.2 Å². The van der Waals surface area contributed by atoms with Crippen LogP contribution in [0, 0.1) is 0 Å². The number of benzene rings is 1. The van der Waals surface area contributed by atoms with Crippen LogP contribution in [0.25, 0.3) is 0 Å². The van der Waals surface area contributed by atoms with Gasteiger partial charge >= 0.3 is 6.03 Å². The molecular weight excluding hydrogens is 294 g/mol. The normalized spacial score (nSPS) is 9.52. The second-order valence-corrected chi connectivity index (χ2v) is 4.63. The predicted octanol–water partition coefficient (Wildman–Crippen LogP) is 2.36. The second-order valence-electron chi connectivity index (χ2n) is 4.63. The van der Waals surface area contributed by atoms with Crippen LogP contribution in [-0.2, 0) is 6.54 Å². The van der Waals surface area contributed by atoms with Crippen molar-refractivity contribution in [3.8, 4) is 5.75 Å². The number of urea groups is 1. The number of anilines is 2. The Morgan fingerprint density at radius 2 is 2.09 bits per heavy atom. The number of hydrogen-bond acceptors (Lipinski definition) is 5. The number of methoxy groups -OCH3 is 1. The van der Waals surface area contributed by atoms with Crippen molar-refractivity contribution in [2.45, 2.75) is 14.0 Å². The number of amides is 2. The van der Waals surface area contributed by atoms with E-state index >= 15 is 0 Å².